The number of amides is 2. The minimum atomic E-state index is -1.75. The average molecular weight is 361 g/mol. The Balaban J connectivity index is -0.0000000150. The van der Waals surface area contributed by atoms with E-state index in [0.717, 1.165) is 0 Å². The first-order valence-corrected chi connectivity index (χ1v) is 2.42. The number of rotatable bonds is 0. The van der Waals surface area contributed by atoms with Crippen molar-refractivity contribution in [3.05, 3.63) is 46.0 Å². The molecule has 0 aliphatic rings. The van der Waals surface area contributed by atoms with Crippen LogP contribution in [-0.2, 0) is 0 Å². The molecule has 0 heterocycles. The standard InChI is InChI=1S/CH4N2O.Ca.K.3NO3.2H2O/c2-1(3)4;;;3*2-1(3)4;;/h(H4,2,3,4);;;;;;2*1H2/q;+2;+1;3*-1;;. The fourth-order valence-corrected chi connectivity index (χ4v) is 0. The van der Waals surface area contributed by atoms with Crippen molar-refractivity contribution < 1.29 is 82.4 Å². The molecular weight excluding hydrogens is 353 g/mol. The van der Waals surface area contributed by atoms with E-state index in [9.17, 15) is 0 Å². The average Bonchev–Trinajstić information content (AvgIpc) is 1.76. The summed E-state index contributed by atoms with van der Waals surface area (Å²) in [5.41, 5.74) is 8.50. The number of nitrogens with two attached hydrogens (primary N) is 2. The van der Waals surface area contributed by atoms with Crippen molar-refractivity contribution in [3.8, 4) is 0 Å². The first-order chi connectivity index (χ1) is 6.93. The second-order valence-electron chi connectivity index (χ2n) is 1.07. The summed E-state index contributed by atoms with van der Waals surface area (Å²) in [6.45, 7) is 0. The van der Waals surface area contributed by atoms with E-state index in [0.29, 0.717) is 0 Å². The Morgan fingerprint density at radius 3 is 0.700 bits per heavy atom. The van der Waals surface area contributed by atoms with Crippen LogP contribution < -0.4 is 62.9 Å². The van der Waals surface area contributed by atoms with Crippen molar-refractivity contribution in [1.29, 1.82) is 0 Å². The first kappa shape index (κ1) is 50.3. The van der Waals surface area contributed by atoms with Crippen molar-refractivity contribution in [2.75, 3.05) is 0 Å². The largest absolute Gasteiger partial charge is 2.00 e. The van der Waals surface area contributed by atoms with Crippen LogP contribution in [0.2, 0.25) is 0 Å². The number of primary amides is 2. The second-order valence-corrected chi connectivity index (χ2v) is 1.07. The summed E-state index contributed by atoms with van der Waals surface area (Å²) in [5, 5.41) is 44.2. The molecule has 0 saturated carbocycles. The van der Waals surface area contributed by atoms with E-state index in [1.54, 1.807) is 0 Å². The first-order valence-electron chi connectivity index (χ1n) is 2.42. The molecule has 0 rings (SSSR count). The van der Waals surface area contributed by atoms with Gasteiger partial charge in [-0.3, -0.25) is 0 Å². The number of hydrogen-bond acceptors (Lipinski definition) is 10. The van der Waals surface area contributed by atoms with Crippen molar-refractivity contribution in [2.45, 2.75) is 0 Å². The molecule has 0 aliphatic heterocycles. The molecule has 0 spiro atoms. The van der Waals surface area contributed by atoms with Gasteiger partial charge >= 0.3 is 95.2 Å². The zero-order valence-corrected chi connectivity index (χ0v) is 15.1. The van der Waals surface area contributed by atoms with E-state index >= 15 is 0 Å². The monoisotopic (exact) mass is 361 g/mol. The SMILES string of the molecule is NC(N)=O.O.O.O=[N+]([O-])[O-].O=[N+]([O-])[O-].O=[N+]([O-])[O-].[Ca+2].[K+]. The summed E-state index contributed by atoms with van der Waals surface area (Å²) >= 11 is 0. The Kier molecular flexibility index (Phi) is 108. The maximum absolute atomic E-state index is 9.00. The van der Waals surface area contributed by atoms with Gasteiger partial charge in [0.05, 0.1) is 15.3 Å². The third-order valence-electron chi connectivity index (χ3n) is 0. The summed E-state index contributed by atoms with van der Waals surface area (Å²) < 4.78 is 0. The molecule has 8 N–H and O–H groups in total. The molecule has 20 heavy (non-hydrogen) atoms. The van der Waals surface area contributed by atoms with Gasteiger partial charge in [0, 0.05) is 0 Å². The van der Waals surface area contributed by atoms with Crippen LogP contribution in [0.3, 0.4) is 0 Å². The summed E-state index contributed by atoms with van der Waals surface area (Å²) in [6, 6.07) is -0.833. The Labute approximate surface area is 181 Å². The Morgan fingerprint density at radius 1 is 0.700 bits per heavy atom. The number of urea groups is 1. The molecule has 19 heteroatoms. The van der Waals surface area contributed by atoms with Gasteiger partial charge < -0.3 is 68.4 Å². The summed E-state index contributed by atoms with van der Waals surface area (Å²) in [7, 11) is 0. The van der Waals surface area contributed by atoms with E-state index in [-0.39, 0.29) is 100 Å². The van der Waals surface area contributed by atoms with Gasteiger partial charge in [0.25, 0.3) is 0 Å². The molecule has 0 aromatic carbocycles. The molecule has 0 aromatic heterocycles. The molecule has 112 valence electrons. The maximum Gasteiger partial charge on any atom is 2.00 e. The Morgan fingerprint density at radius 2 is 0.700 bits per heavy atom. The zero-order valence-electron chi connectivity index (χ0n) is 9.79. The van der Waals surface area contributed by atoms with Gasteiger partial charge in [-0.2, -0.15) is 0 Å². The molecule has 0 aliphatic carbocycles. The molecule has 0 bridgehead atoms. The number of nitrogens with zero attached hydrogens (tertiary/aromatic N) is 3. The van der Waals surface area contributed by atoms with Crippen molar-refractivity contribution in [2.24, 2.45) is 11.5 Å². The van der Waals surface area contributed by atoms with Crippen molar-refractivity contribution in [1.82, 2.24) is 0 Å². The van der Waals surface area contributed by atoms with Gasteiger partial charge in [-0.15, -0.1) is 0 Å². The van der Waals surface area contributed by atoms with Crippen LogP contribution in [-0.4, -0.2) is 70.0 Å². The minimum Gasteiger partial charge on any atom is -0.412 e. The number of carbonyl (C=O) groups is 1. The summed E-state index contributed by atoms with van der Waals surface area (Å²) in [5.74, 6) is 0. The molecule has 2 amide bonds. The van der Waals surface area contributed by atoms with Crippen LogP contribution in [0.4, 0.5) is 4.79 Å². The molecule has 0 radical (unpaired) electrons. The Hall–Kier alpha value is -0.314. The zero-order chi connectivity index (χ0) is 14.3. The van der Waals surface area contributed by atoms with E-state index in [4.69, 9.17) is 50.8 Å². The van der Waals surface area contributed by atoms with Crippen LogP contribution in [0.5, 0.6) is 0 Å². The summed E-state index contributed by atoms with van der Waals surface area (Å²) in [4.78, 5) is 33.8. The second kappa shape index (κ2) is 42.8. The van der Waals surface area contributed by atoms with Crippen molar-refractivity contribution in [3.63, 3.8) is 0 Å². The predicted octanol–water partition coefficient (Wildman–Crippen LogP) is -6.72. The van der Waals surface area contributed by atoms with Gasteiger partial charge in [0.1, 0.15) is 0 Å². The number of hydrogen-bond donors (Lipinski definition) is 2. The summed E-state index contributed by atoms with van der Waals surface area (Å²) in [6.07, 6.45) is 0. The predicted molar refractivity (Wildman–Crippen MR) is 57.8 cm³/mol. The maximum atomic E-state index is 9.00. The van der Waals surface area contributed by atoms with E-state index in [1.165, 1.54) is 0 Å². The van der Waals surface area contributed by atoms with E-state index < -0.39 is 21.3 Å². The van der Waals surface area contributed by atoms with Crippen LogP contribution in [0.1, 0.15) is 0 Å². The molecule has 0 saturated heterocycles. The Bertz CT molecular complexity index is 172. The van der Waals surface area contributed by atoms with E-state index in [2.05, 4.69) is 11.5 Å². The van der Waals surface area contributed by atoms with Gasteiger partial charge in [-0.25, -0.2) is 4.79 Å². The van der Waals surface area contributed by atoms with Crippen LogP contribution in [0.25, 0.3) is 0 Å². The van der Waals surface area contributed by atoms with Gasteiger partial charge in [0.15, 0.2) is 0 Å². The molecule has 0 atom stereocenters. The molecule has 0 aromatic rings. The normalized spacial score (nSPS) is 4.80. The fraction of sp³-hybridized carbons (Fsp3) is 0. The third-order valence-corrected chi connectivity index (χ3v) is 0. The topological polar surface area (TPSA) is 331 Å². The molecule has 17 nitrogen and oxygen atoms in total. The van der Waals surface area contributed by atoms with Gasteiger partial charge in [0.2, 0.25) is 0 Å². The quantitative estimate of drug-likeness (QED) is 0.233. The fourth-order valence-electron chi connectivity index (χ4n) is 0. The van der Waals surface area contributed by atoms with E-state index in [1.807, 2.05) is 0 Å². The number of carbonyl (C=O) groups excluding carboxylic acids is 1. The molecule has 0 unspecified atom stereocenters. The molecular formula is CH8CaKN5O12. The van der Waals surface area contributed by atoms with Crippen LogP contribution in [0, 0.1) is 46.0 Å². The van der Waals surface area contributed by atoms with Crippen LogP contribution in [0.15, 0.2) is 0 Å². The van der Waals surface area contributed by atoms with Crippen molar-refractivity contribution >= 4 is 43.8 Å². The smallest absolute Gasteiger partial charge is 0.412 e. The minimum absolute atomic E-state index is 0. The van der Waals surface area contributed by atoms with Gasteiger partial charge in [-0.1, -0.05) is 0 Å². The van der Waals surface area contributed by atoms with Crippen LogP contribution >= 0.6 is 0 Å². The third kappa shape index (κ3) is 50000. The molecule has 0 fully saturated rings. The van der Waals surface area contributed by atoms with Gasteiger partial charge in [-0.05, 0) is 0 Å².